The van der Waals surface area contributed by atoms with Crippen LogP contribution in [0.4, 0.5) is 4.39 Å². The minimum atomic E-state index is -1.06. The van der Waals surface area contributed by atoms with Crippen LogP contribution in [-0.2, 0) is 11.5 Å². The Labute approximate surface area is 121 Å². The van der Waals surface area contributed by atoms with Crippen molar-refractivity contribution in [3.8, 4) is 0 Å². The highest BCUT2D eigenvalue weighted by molar-refractivity contribution is 9.10. The highest BCUT2D eigenvalue weighted by Crippen LogP contribution is 2.23. The van der Waals surface area contributed by atoms with E-state index in [2.05, 4.69) is 40.7 Å². The Morgan fingerprint density at radius 2 is 2.11 bits per heavy atom. The molecule has 0 amide bonds. The van der Waals surface area contributed by atoms with Crippen molar-refractivity contribution >= 4 is 34.9 Å². The first kappa shape index (κ1) is 14.7. The molecule has 0 aliphatic heterocycles. The highest BCUT2D eigenvalue weighted by atomic mass is 79.9. The van der Waals surface area contributed by atoms with Gasteiger partial charge in [-0.2, -0.15) is 5.10 Å². The number of halogens is 2. The largest absolute Gasteiger partial charge is 0.360 e. The molecule has 0 spiro atoms. The summed E-state index contributed by atoms with van der Waals surface area (Å²) in [5.41, 5.74) is 0.378. The van der Waals surface area contributed by atoms with E-state index in [1.165, 1.54) is 0 Å². The van der Waals surface area contributed by atoms with Gasteiger partial charge < -0.3 is 4.74 Å². The lowest BCUT2D eigenvalue weighted by Gasteiger charge is -2.15. The molecule has 2 rings (SSSR count). The van der Waals surface area contributed by atoms with Crippen molar-refractivity contribution in [2.75, 3.05) is 6.61 Å². The van der Waals surface area contributed by atoms with Gasteiger partial charge in [0.15, 0.2) is 5.82 Å². The van der Waals surface area contributed by atoms with Crippen LogP contribution in [0.3, 0.4) is 0 Å². The molecule has 19 heavy (non-hydrogen) atoms. The van der Waals surface area contributed by atoms with Gasteiger partial charge in [0.2, 0.25) is 0 Å². The van der Waals surface area contributed by atoms with Crippen LogP contribution < -0.4 is 0 Å². The van der Waals surface area contributed by atoms with E-state index in [0.29, 0.717) is 16.7 Å². The maximum Gasteiger partial charge on any atom is 0.165 e. The van der Waals surface area contributed by atoms with Gasteiger partial charge in [0.25, 0.3) is 0 Å². The second-order valence-electron chi connectivity index (χ2n) is 5.82. The second kappa shape index (κ2) is 5.72. The number of fused-ring (bicyclic) bond motifs is 1. The van der Waals surface area contributed by atoms with Gasteiger partial charge in [0.1, 0.15) is 12.2 Å². The maximum atomic E-state index is 13.8. The lowest BCUT2D eigenvalue weighted by molar-refractivity contribution is 0.0790. The fourth-order valence-electron chi connectivity index (χ4n) is 1.68. The van der Waals surface area contributed by atoms with E-state index >= 15 is 0 Å². The van der Waals surface area contributed by atoms with Crippen LogP contribution in [0.1, 0.15) is 0 Å². The molecule has 104 valence electrons. The first-order valence-corrected chi connectivity index (χ1v) is 10.8. The Balaban J connectivity index is 2.00. The molecule has 6 heteroatoms. The fourth-order valence-corrected chi connectivity index (χ4v) is 2.76. The molecule has 0 fully saturated rings. The standard InChI is InChI=1S/C13H18BrFN2OSi/c1-19(2,3)7-6-18-9-17-8-10-4-5-11(14)12(15)13(10)16-17/h4-5,8H,6-7,9H2,1-3H3. The number of hydrogen-bond acceptors (Lipinski definition) is 2. The summed E-state index contributed by atoms with van der Waals surface area (Å²) in [4.78, 5) is 0. The molecule has 1 aromatic carbocycles. The highest BCUT2D eigenvalue weighted by Gasteiger charge is 2.13. The quantitative estimate of drug-likeness (QED) is 0.598. The summed E-state index contributed by atoms with van der Waals surface area (Å²) in [6.07, 6.45) is 1.80. The number of rotatable bonds is 5. The van der Waals surface area contributed by atoms with E-state index in [4.69, 9.17) is 4.74 Å². The SMILES string of the molecule is C[Si](C)(C)CCOCn1cc2ccc(Br)c(F)c2n1. The molecule has 3 nitrogen and oxygen atoms in total. The summed E-state index contributed by atoms with van der Waals surface area (Å²) in [5.74, 6) is -0.321. The summed E-state index contributed by atoms with van der Waals surface area (Å²) < 4.78 is 21.5. The van der Waals surface area contributed by atoms with Crippen LogP contribution in [0, 0.1) is 5.82 Å². The van der Waals surface area contributed by atoms with Crippen molar-refractivity contribution in [2.45, 2.75) is 32.4 Å². The van der Waals surface area contributed by atoms with Crippen LogP contribution in [0.15, 0.2) is 22.8 Å². The summed E-state index contributed by atoms with van der Waals surface area (Å²) in [7, 11) is -1.06. The normalized spacial score (nSPS) is 12.3. The van der Waals surface area contributed by atoms with Crippen molar-refractivity contribution in [1.29, 1.82) is 0 Å². The lowest BCUT2D eigenvalue weighted by Crippen LogP contribution is -2.22. The summed E-state index contributed by atoms with van der Waals surface area (Å²) in [6, 6.07) is 4.65. The van der Waals surface area contributed by atoms with Crippen LogP contribution >= 0.6 is 15.9 Å². The van der Waals surface area contributed by atoms with Crippen LogP contribution in [0.5, 0.6) is 0 Å². The van der Waals surface area contributed by atoms with E-state index in [9.17, 15) is 4.39 Å². The van der Waals surface area contributed by atoms with Gasteiger partial charge in [-0.15, -0.1) is 0 Å². The molecule has 1 aromatic heterocycles. The molecule has 0 radical (unpaired) electrons. The average Bonchev–Trinajstić information content (AvgIpc) is 2.72. The van der Waals surface area contributed by atoms with Gasteiger partial charge in [0, 0.05) is 26.3 Å². The maximum absolute atomic E-state index is 13.8. The molecule has 0 aliphatic rings. The zero-order valence-electron chi connectivity index (χ0n) is 11.4. The summed E-state index contributed by atoms with van der Waals surface area (Å²) in [5, 5.41) is 4.99. The number of aromatic nitrogens is 2. The zero-order valence-corrected chi connectivity index (χ0v) is 14.0. The topological polar surface area (TPSA) is 27.1 Å². The van der Waals surface area contributed by atoms with Crippen LogP contribution in [0.2, 0.25) is 25.7 Å². The predicted octanol–water partition coefficient (Wildman–Crippen LogP) is 4.25. The molecule has 0 saturated carbocycles. The van der Waals surface area contributed by atoms with Crippen molar-refractivity contribution in [3.05, 3.63) is 28.6 Å². The lowest BCUT2D eigenvalue weighted by atomic mass is 10.2. The minimum absolute atomic E-state index is 0.321. The van der Waals surface area contributed by atoms with Crippen molar-refractivity contribution in [3.63, 3.8) is 0 Å². The molecule has 0 aliphatic carbocycles. The molecule has 1 heterocycles. The molecular formula is C13H18BrFN2OSi. The summed E-state index contributed by atoms with van der Waals surface area (Å²) in [6.45, 7) is 8.04. The van der Waals surface area contributed by atoms with E-state index < -0.39 is 8.07 Å². The van der Waals surface area contributed by atoms with Gasteiger partial charge in [0.05, 0.1) is 4.47 Å². The molecule has 0 saturated heterocycles. The van der Waals surface area contributed by atoms with E-state index in [1.807, 2.05) is 6.07 Å². The summed E-state index contributed by atoms with van der Waals surface area (Å²) >= 11 is 3.16. The molecule has 0 atom stereocenters. The smallest absolute Gasteiger partial charge is 0.165 e. The molecule has 0 bridgehead atoms. The van der Waals surface area contributed by atoms with Crippen molar-refractivity contribution in [2.24, 2.45) is 0 Å². The Bertz CT molecular complexity index is 580. The Morgan fingerprint density at radius 3 is 2.79 bits per heavy atom. The van der Waals surface area contributed by atoms with Gasteiger partial charge in [-0.05, 0) is 34.1 Å². The fraction of sp³-hybridized carbons (Fsp3) is 0.462. The van der Waals surface area contributed by atoms with Crippen molar-refractivity contribution in [1.82, 2.24) is 9.78 Å². The minimum Gasteiger partial charge on any atom is -0.360 e. The van der Waals surface area contributed by atoms with E-state index in [1.54, 1.807) is 16.9 Å². The predicted molar refractivity (Wildman–Crippen MR) is 81.5 cm³/mol. The zero-order chi connectivity index (χ0) is 14.0. The number of nitrogens with zero attached hydrogens (tertiary/aromatic N) is 2. The average molecular weight is 345 g/mol. The molecule has 2 aromatic rings. The van der Waals surface area contributed by atoms with E-state index in [0.717, 1.165) is 18.0 Å². The molecule has 0 N–H and O–H groups in total. The van der Waals surface area contributed by atoms with Gasteiger partial charge in [-0.25, -0.2) is 9.07 Å². The van der Waals surface area contributed by atoms with E-state index in [-0.39, 0.29) is 5.82 Å². The number of ether oxygens (including phenoxy) is 1. The molecule has 0 unspecified atom stereocenters. The first-order valence-electron chi connectivity index (χ1n) is 6.26. The Morgan fingerprint density at radius 1 is 1.37 bits per heavy atom. The van der Waals surface area contributed by atoms with Crippen LogP contribution in [0.25, 0.3) is 10.9 Å². The van der Waals surface area contributed by atoms with Gasteiger partial charge in [-0.1, -0.05) is 19.6 Å². The second-order valence-corrected chi connectivity index (χ2v) is 12.3. The van der Waals surface area contributed by atoms with Crippen LogP contribution in [-0.4, -0.2) is 24.5 Å². The number of benzene rings is 1. The van der Waals surface area contributed by atoms with Gasteiger partial charge >= 0.3 is 0 Å². The van der Waals surface area contributed by atoms with Gasteiger partial charge in [-0.3, -0.25) is 0 Å². The Hall–Kier alpha value is -0.723. The third-order valence-electron chi connectivity index (χ3n) is 2.84. The third-order valence-corrected chi connectivity index (χ3v) is 5.15. The first-order chi connectivity index (χ1) is 8.87. The third kappa shape index (κ3) is 3.87. The number of hydrogen-bond donors (Lipinski definition) is 0. The Kier molecular flexibility index (Phi) is 4.42. The molecular weight excluding hydrogens is 327 g/mol. The monoisotopic (exact) mass is 344 g/mol. The van der Waals surface area contributed by atoms with Crippen molar-refractivity contribution < 1.29 is 9.13 Å².